The van der Waals surface area contributed by atoms with Crippen LogP contribution in [-0.4, -0.2) is 41.7 Å². The van der Waals surface area contributed by atoms with Crippen molar-refractivity contribution >= 4 is 11.9 Å². The van der Waals surface area contributed by atoms with E-state index >= 15 is 0 Å². The monoisotopic (exact) mass is 428 g/mol. The third-order valence-electron chi connectivity index (χ3n) is 5.58. The molecule has 3 unspecified atom stereocenters. The van der Waals surface area contributed by atoms with Crippen LogP contribution in [0.2, 0.25) is 0 Å². The van der Waals surface area contributed by atoms with Crippen molar-refractivity contribution in [2.75, 3.05) is 13.7 Å². The Morgan fingerprint density at radius 2 is 1.90 bits per heavy atom. The number of rotatable bonds is 9. The van der Waals surface area contributed by atoms with E-state index in [0.29, 0.717) is 5.92 Å². The lowest BCUT2D eigenvalue weighted by Gasteiger charge is -2.30. The normalized spacial score (nSPS) is 13.7. The van der Waals surface area contributed by atoms with Gasteiger partial charge in [0.1, 0.15) is 12.6 Å². The van der Waals surface area contributed by atoms with Crippen LogP contribution in [0.4, 0.5) is 0 Å². The number of hydrogen-bond acceptors (Lipinski definition) is 6. The molecule has 7 heteroatoms. The summed E-state index contributed by atoms with van der Waals surface area (Å²) in [6.45, 7) is 9.93. The Bertz CT molecular complexity index is 928. The molecule has 1 aromatic heterocycles. The number of nitrogens with zero attached hydrogens (tertiary/aromatic N) is 1. The van der Waals surface area contributed by atoms with Gasteiger partial charge in [-0.15, -0.1) is 0 Å². The first-order valence-electron chi connectivity index (χ1n) is 10.5. The fourth-order valence-corrected chi connectivity index (χ4v) is 3.80. The third kappa shape index (κ3) is 5.96. The van der Waals surface area contributed by atoms with Crippen molar-refractivity contribution in [3.05, 3.63) is 52.8 Å². The Labute approximate surface area is 183 Å². The zero-order valence-corrected chi connectivity index (χ0v) is 19.1. The maximum atomic E-state index is 12.4. The number of aromatic hydroxyl groups is 1. The van der Waals surface area contributed by atoms with Gasteiger partial charge in [0.25, 0.3) is 5.91 Å². The number of methoxy groups -OCH3 is 1. The van der Waals surface area contributed by atoms with Crippen molar-refractivity contribution in [1.29, 1.82) is 0 Å². The Kier molecular flexibility index (Phi) is 8.42. The Hall–Kier alpha value is -3.09. The van der Waals surface area contributed by atoms with Gasteiger partial charge in [0.2, 0.25) is 0 Å². The first-order valence-corrected chi connectivity index (χ1v) is 10.5. The number of amides is 1. The molecule has 7 nitrogen and oxygen atoms in total. The number of hydrogen-bond donors (Lipinski definition) is 2. The summed E-state index contributed by atoms with van der Waals surface area (Å²) < 4.78 is 10.6. The van der Waals surface area contributed by atoms with E-state index < -0.39 is 11.9 Å². The zero-order valence-electron chi connectivity index (χ0n) is 19.1. The summed E-state index contributed by atoms with van der Waals surface area (Å²) in [4.78, 5) is 28.6. The van der Waals surface area contributed by atoms with Crippen LogP contribution in [0.3, 0.4) is 0 Å². The predicted octanol–water partition coefficient (Wildman–Crippen LogP) is 3.90. The molecule has 2 rings (SSSR count). The summed E-state index contributed by atoms with van der Waals surface area (Å²) in [5, 5.41) is 12.5. The molecular weight excluding hydrogens is 396 g/mol. The molecule has 2 N–H and O–H groups in total. The molecule has 0 aliphatic carbocycles. The molecule has 0 saturated carbocycles. The first-order chi connectivity index (χ1) is 14.7. The average molecular weight is 429 g/mol. The maximum absolute atomic E-state index is 12.4. The van der Waals surface area contributed by atoms with E-state index in [-0.39, 0.29) is 35.8 Å². The average Bonchev–Trinajstić information content (AvgIpc) is 2.73. The van der Waals surface area contributed by atoms with Crippen LogP contribution in [-0.2, 0) is 9.53 Å². The number of esters is 1. The molecule has 0 aliphatic rings. The summed E-state index contributed by atoms with van der Waals surface area (Å²) in [6, 6.07) is 7.74. The molecule has 0 fully saturated rings. The van der Waals surface area contributed by atoms with Crippen LogP contribution in [0.5, 0.6) is 11.5 Å². The number of benzene rings is 1. The lowest BCUT2D eigenvalue weighted by atomic mass is 9.80. The van der Waals surface area contributed by atoms with E-state index in [4.69, 9.17) is 9.47 Å². The van der Waals surface area contributed by atoms with Gasteiger partial charge in [0, 0.05) is 18.2 Å². The molecule has 1 heterocycles. The largest absolute Gasteiger partial charge is 0.503 e. The van der Waals surface area contributed by atoms with E-state index in [1.54, 1.807) is 0 Å². The minimum Gasteiger partial charge on any atom is -0.503 e. The summed E-state index contributed by atoms with van der Waals surface area (Å²) in [5.74, 6) is -1.15. The van der Waals surface area contributed by atoms with E-state index in [0.717, 1.165) is 12.0 Å². The Morgan fingerprint density at radius 3 is 2.52 bits per heavy atom. The number of pyridine rings is 1. The Morgan fingerprint density at radius 1 is 1.19 bits per heavy atom. The highest BCUT2D eigenvalue weighted by atomic mass is 16.5. The second-order valence-electron chi connectivity index (χ2n) is 7.86. The van der Waals surface area contributed by atoms with E-state index in [9.17, 15) is 14.7 Å². The van der Waals surface area contributed by atoms with Crippen molar-refractivity contribution in [3.8, 4) is 11.5 Å². The number of nitrogens with one attached hydrogen (secondary N) is 1. The molecule has 1 aromatic carbocycles. The number of ether oxygens (including phenoxy) is 2. The van der Waals surface area contributed by atoms with E-state index in [2.05, 4.69) is 56.2 Å². The molecule has 0 spiro atoms. The van der Waals surface area contributed by atoms with Gasteiger partial charge in [-0.2, -0.15) is 0 Å². The molecule has 2 aromatic rings. The molecule has 168 valence electrons. The maximum Gasteiger partial charge on any atom is 0.325 e. The highest BCUT2D eigenvalue weighted by Gasteiger charge is 2.29. The third-order valence-corrected chi connectivity index (χ3v) is 5.58. The summed E-state index contributed by atoms with van der Waals surface area (Å²) in [6.07, 6.45) is 1.91. The van der Waals surface area contributed by atoms with Gasteiger partial charge in [-0.3, -0.25) is 9.59 Å². The van der Waals surface area contributed by atoms with Crippen LogP contribution in [0.15, 0.2) is 30.5 Å². The standard InChI is InChI=1S/C24H32N2O5/c1-7-15(3)21(18-9-8-14(2)12-16(18)4)17(5)31-20(27)13-26-24(29)22-23(28)19(30-6)10-11-25-22/h8-12,15,17,21,28H,7,13H2,1-6H3,(H,26,29). The molecule has 1 amide bonds. The number of aromatic nitrogens is 1. The highest BCUT2D eigenvalue weighted by Crippen LogP contribution is 2.34. The first kappa shape index (κ1) is 24.2. The Balaban J connectivity index is 2.06. The zero-order chi connectivity index (χ0) is 23.1. The highest BCUT2D eigenvalue weighted by molar-refractivity contribution is 5.97. The van der Waals surface area contributed by atoms with E-state index in [1.165, 1.54) is 30.5 Å². The number of carbonyl (C=O) groups is 2. The number of carbonyl (C=O) groups excluding carboxylic acids is 2. The quantitative estimate of drug-likeness (QED) is 0.588. The summed E-state index contributed by atoms with van der Waals surface area (Å²) in [5.41, 5.74) is 3.30. The summed E-state index contributed by atoms with van der Waals surface area (Å²) in [7, 11) is 1.37. The molecule has 0 bridgehead atoms. The summed E-state index contributed by atoms with van der Waals surface area (Å²) >= 11 is 0. The second-order valence-corrected chi connectivity index (χ2v) is 7.86. The molecule has 31 heavy (non-hydrogen) atoms. The number of aryl methyl sites for hydroxylation is 2. The molecular formula is C24H32N2O5. The van der Waals surface area contributed by atoms with Crippen molar-refractivity contribution in [2.45, 2.75) is 53.1 Å². The van der Waals surface area contributed by atoms with Crippen LogP contribution < -0.4 is 10.1 Å². The topological polar surface area (TPSA) is 97.8 Å². The lowest BCUT2D eigenvalue weighted by molar-refractivity contribution is -0.148. The van der Waals surface area contributed by atoms with Crippen LogP contribution in [0.1, 0.15) is 60.3 Å². The van der Waals surface area contributed by atoms with Gasteiger partial charge in [-0.05, 0) is 37.8 Å². The predicted molar refractivity (Wildman–Crippen MR) is 118 cm³/mol. The molecule has 3 atom stereocenters. The van der Waals surface area contributed by atoms with Crippen molar-refractivity contribution in [3.63, 3.8) is 0 Å². The molecule has 0 aliphatic heterocycles. The van der Waals surface area contributed by atoms with Gasteiger partial charge in [-0.25, -0.2) is 4.98 Å². The van der Waals surface area contributed by atoms with Crippen LogP contribution >= 0.6 is 0 Å². The van der Waals surface area contributed by atoms with Gasteiger partial charge in [0.05, 0.1) is 7.11 Å². The van der Waals surface area contributed by atoms with E-state index in [1.807, 2.05) is 6.92 Å². The van der Waals surface area contributed by atoms with Gasteiger partial charge in [-0.1, -0.05) is 44.0 Å². The van der Waals surface area contributed by atoms with Crippen molar-refractivity contribution < 1.29 is 24.2 Å². The van der Waals surface area contributed by atoms with Gasteiger partial charge < -0.3 is 19.9 Å². The smallest absolute Gasteiger partial charge is 0.325 e. The minimum atomic E-state index is -0.686. The van der Waals surface area contributed by atoms with Crippen LogP contribution in [0, 0.1) is 19.8 Å². The molecule has 0 saturated heterocycles. The van der Waals surface area contributed by atoms with Crippen molar-refractivity contribution in [2.24, 2.45) is 5.92 Å². The molecule has 0 radical (unpaired) electrons. The van der Waals surface area contributed by atoms with Gasteiger partial charge in [0.15, 0.2) is 17.2 Å². The minimum absolute atomic E-state index is 0.0364. The van der Waals surface area contributed by atoms with Crippen LogP contribution in [0.25, 0.3) is 0 Å². The lowest BCUT2D eigenvalue weighted by Crippen LogP contribution is -2.35. The fraction of sp³-hybridized carbons (Fsp3) is 0.458. The second kappa shape index (κ2) is 10.8. The van der Waals surface area contributed by atoms with Gasteiger partial charge >= 0.3 is 5.97 Å². The fourth-order valence-electron chi connectivity index (χ4n) is 3.80. The SMILES string of the molecule is CCC(C)C(c1ccc(C)cc1C)C(C)OC(=O)CNC(=O)c1nccc(OC)c1O. The van der Waals surface area contributed by atoms with Crippen molar-refractivity contribution in [1.82, 2.24) is 10.3 Å².